The van der Waals surface area contributed by atoms with Crippen molar-refractivity contribution in [1.82, 2.24) is 0 Å². The molecular weight excluding hydrogens is 279 g/mol. The number of esters is 1. The fourth-order valence-corrected chi connectivity index (χ4v) is 1.57. The highest BCUT2D eigenvalue weighted by atomic mass is 35.5. The molecule has 0 aliphatic rings. The summed E-state index contributed by atoms with van der Waals surface area (Å²) in [4.78, 5) is 20.8. The first-order valence-corrected chi connectivity index (χ1v) is 4.70. The predicted molar refractivity (Wildman–Crippen MR) is 54.4 cm³/mol. The van der Waals surface area contributed by atoms with Crippen LogP contribution >= 0.6 is 11.6 Å². The van der Waals surface area contributed by atoms with Gasteiger partial charge in [0.15, 0.2) is 5.56 Å². The van der Waals surface area contributed by atoms with Crippen LogP contribution in [0.3, 0.4) is 0 Å². The second-order valence-corrected chi connectivity index (χ2v) is 3.47. The largest absolute Gasteiger partial charge is 0.465 e. The maximum Gasteiger partial charge on any atom is 0.418 e. The number of rotatable bonds is 2. The number of hydrogen-bond acceptors (Lipinski definition) is 4. The molecule has 9 heteroatoms. The molecule has 5 nitrogen and oxygen atoms in total. The van der Waals surface area contributed by atoms with Crippen LogP contribution in [0.4, 0.5) is 18.9 Å². The van der Waals surface area contributed by atoms with Crippen LogP contribution in [-0.2, 0) is 10.9 Å². The van der Waals surface area contributed by atoms with E-state index in [4.69, 9.17) is 11.6 Å². The van der Waals surface area contributed by atoms with Gasteiger partial charge in [-0.15, -0.1) is 0 Å². The second-order valence-electron chi connectivity index (χ2n) is 3.06. The number of nitro groups is 1. The lowest BCUT2D eigenvalue weighted by atomic mass is 10.0. The van der Waals surface area contributed by atoms with Gasteiger partial charge in [0.1, 0.15) is 0 Å². The first-order valence-electron chi connectivity index (χ1n) is 4.32. The standard InChI is InChI=1S/C9H5ClF3NO4/c1-18-8(15)6-5(14(16)17)3-2-4(10)7(6)9(11,12)13/h2-3H,1H3. The Morgan fingerprint density at radius 2 is 2.00 bits per heavy atom. The number of nitro benzene ring substituents is 1. The first-order chi connectivity index (χ1) is 8.20. The van der Waals surface area contributed by atoms with E-state index in [0.717, 1.165) is 7.11 Å². The van der Waals surface area contributed by atoms with Crippen molar-refractivity contribution in [3.63, 3.8) is 0 Å². The number of alkyl halides is 3. The van der Waals surface area contributed by atoms with Crippen molar-refractivity contribution in [2.45, 2.75) is 6.18 Å². The Morgan fingerprint density at radius 1 is 1.44 bits per heavy atom. The van der Waals surface area contributed by atoms with Gasteiger partial charge in [0.25, 0.3) is 5.69 Å². The van der Waals surface area contributed by atoms with Crippen molar-refractivity contribution in [1.29, 1.82) is 0 Å². The predicted octanol–water partition coefficient (Wildman–Crippen LogP) is 3.05. The van der Waals surface area contributed by atoms with E-state index in [1.54, 1.807) is 0 Å². The van der Waals surface area contributed by atoms with Gasteiger partial charge in [0, 0.05) is 6.07 Å². The molecule has 0 N–H and O–H groups in total. The van der Waals surface area contributed by atoms with E-state index < -0.39 is 38.9 Å². The molecule has 0 unspecified atom stereocenters. The number of ether oxygens (including phenoxy) is 1. The normalized spacial score (nSPS) is 11.2. The minimum atomic E-state index is -5.01. The van der Waals surface area contributed by atoms with Crippen molar-refractivity contribution in [2.75, 3.05) is 7.11 Å². The fourth-order valence-electron chi connectivity index (χ4n) is 1.30. The molecule has 0 amide bonds. The molecule has 0 saturated carbocycles. The molecule has 1 rings (SSSR count). The van der Waals surface area contributed by atoms with Gasteiger partial charge in [-0.2, -0.15) is 13.2 Å². The van der Waals surface area contributed by atoms with Crippen molar-refractivity contribution in [3.05, 3.63) is 38.4 Å². The molecule has 1 aromatic carbocycles. The number of carbonyl (C=O) groups is 1. The zero-order chi connectivity index (χ0) is 14.1. The summed E-state index contributed by atoms with van der Waals surface area (Å²) in [5, 5.41) is 9.81. The summed E-state index contributed by atoms with van der Waals surface area (Å²) in [5.74, 6) is -1.48. The maximum atomic E-state index is 12.7. The average Bonchev–Trinajstić information content (AvgIpc) is 2.25. The third-order valence-corrected chi connectivity index (χ3v) is 2.32. The molecule has 0 aliphatic carbocycles. The summed E-state index contributed by atoms with van der Waals surface area (Å²) in [6.07, 6.45) is -5.01. The lowest BCUT2D eigenvalue weighted by Gasteiger charge is -2.13. The molecule has 0 aliphatic heterocycles. The Labute approximate surface area is 103 Å². The van der Waals surface area contributed by atoms with E-state index in [-0.39, 0.29) is 0 Å². The SMILES string of the molecule is COC(=O)c1c([N+](=O)[O-])ccc(Cl)c1C(F)(F)F. The zero-order valence-electron chi connectivity index (χ0n) is 8.75. The second kappa shape index (κ2) is 4.81. The lowest BCUT2D eigenvalue weighted by molar-refractivity contribution is -0.385. The highest BCUT2D eigenvalue weighted by molar-refractivity contribution is 6.32. The van der Waals surface area contributed by atoms with Gasteiger partial charge in [0.2, 0.25) is 0 Å². The van der Waals surface area contributed by atoms with Crippen LogP contribution in [0.2, 0.25) is 5.02 Å². The molecule has 0 atom stereocenters. The van der Waals surface area contributed by atoms with Crippen LogP contribution in [0.15, 0.2) is 12.1 Å². The third kappa shape index (κ3) is 2.53. The minimum Gasteiger partial charge on any atom is -0.465 e. The zero-order valence-corrected chi connectivity index (χ0v) is 9.50. The number of nitrogens with zero attached hydrogens (tertiary/aromatic N) is 1. The smallest absolute Gasteiger partial charge is 0.418 e. The van der Waals surface area contributed by atoms with Crippen LogP contribution in [0, 0.1) is 10.1 Å². The summed E-state index contributed by atoms with van der Waals surface area (Å²) >= 11 is 5.34. The van der Waals surface area contributed by atoms with Gasteiger partial charge >= 0.3 is 12.1 Å². The molecular formula is C9H5ClF3NO4. The fraction of sp³-hybridized carbons (Fsp3) is 0.222. The highest BCUT2D eigenvalue weighted by Crippen LogP contribution is 2.40. The molecule has 0 radical (unpaired) electrons. The van der Waals surface area contributed by atoms with Gasteiger partial charge in [-0.3, -0.25) is 10.1 Å². The van der Waals surface area contributed by atoms with E-state index >= 15 is 0 Å². The molecule has 0 heterocycles. The van der Waals surface area contributed by atoms with E-state index in [2.05, 4.69) is 4.74 Å². The van der Waals surface area contributed by atoms with Crippen LogP contribution < -0.4 is 0 Å². The number of hydrogen-bond donors (Lipinski definition) is 0. The third-order valence-electron chi connectivity index (χ3n) is 2.00. The van der Waals surface area contributed by atoms with Gasteiger partial charge in [-0.1, -0.05) is 11.6 Å². The van der Waals surface area contributed by atoms with Crippen molar-refractivity contribution in [3.8, 4) is 0 Å². The van der Waals surface area contributed by atoms with Crippen LogP contribution in [0.5, 0.6) is 0 Å². The van der Waals surface area contributed by atoms with Gasteiger partial charge in [0.05, 0.1) is 22.6 Å². The van der Waals surface area contributed by atoms with E-state index in [0.29, 0.717) is 12.1 Å². The van der Waals surface area contributed by atoms with Crippen LogP contribution in [-0.4, -0.2) is 18.0 Å². The Bertz CT molecular complexity index is 515. The molecule has 18 heavy (non-hydrogen) atoms. The molecule has 1 aromatic rings. The molecule has 0 spiro atoms. The van der Waals surface area contributed by atoms with E-state index in [9.17, 15) is 28.1 Å². The first kappa shape index (κ1) is 14.2. The average molecular weight is 284 g/mol. The summed E-state index contributed by atoms with van der Waals surface area (Å²) in [6.45, 7) is 0. The molecule has 0 fully saturated rings. The summed E-state index contributed by atoms with van der Waals surface area (Å²) in [6, 6.07) is 1.42. The lowest BCUT2D eigenvalue weighted by Crippen LogP contribution is -2.17. The Balaban J connectivity index is 3.72. The molecule has 98 valence electrons. The number of methoxy groups -OCH3 is 1. The monoisotopic (exact) mass is 283 g/mol. The Hall–Kier alpha value is -1.83. The Kier molecular flexibility index (Phi) is 3.80. The minimum absolute atomic E-state index is 0.703. The summed E-state index contributed by atoms with van der Waals surface area (Å²) in [7, 11) is 0.813. The number of carbonyl (C=O) groups excluding carboxylic acids is 1. The van der Waals surface area contributed by atoms with Gasteiger partial charge in [-0.05, 0) is 6.07 Å². The summed E-state index contributed by atoms with van der Waals surface area (Å²) < 4.78 is 42.3. The quantitative estimate of drug-likeness (QED) is 0.475. The highest BCUT2D eigenvalue weighted by Gasteiger charge is 2.42. The van der Waals surface area contributed by atoms with Crippen molar-refractivity contribution < 1.29 is 27.6 Å². The van der Waals surface area contributed by atoms with Crippen LogP contribution in [0.25, 0.3) is 0 Å². The topological polar surface area (TPSA) is 69.4 Å². The number of benzene rings is 1. The number of halogens is 4. The maximum absolute atomic E-state index is 12.7. The van der Waals surface area contributed by atoms with Crippen molar-refractivity contribution >= 4 is 23.3 Å². The summed E-state index contributed by atoms with van der Waals surface area (Å²) in [5.41, 5.74) is -3.80. The van der Waals surface area contributed by atoms with Crippen molar-refractivity contribution in [2.24, 2.45) is 0 Å². The molecule has 0 saturated heterocycles. The molecule has 0 aromatic heterocycles. The Morgan fingerprint density at radius 3 is 2.39 bits per heavy atom. The van der Waals surface area contributed by atoms with Crippen LogP contribution in [0.1, 0.15) is 15.9 Å². The van der Waals surface area contributed by atoms with E-state index in [1.807, 2.05) is 0 Å². The van der Waals surface area contributed by atoms with Gasteiger partial charge in [-0.25, -0.2) is 4.79 Å². The van der Waals surface area contributed by atoms with Gasteiger partial charge < -0.3 is 4.74 Å². The van der Waals surface area contributed by atoms with E-state index in [1.165, 1.54) is 0 Å². The molecule has 0 bridgehead atoms.